The number of rotatable bonds is 5. The largest absolute Gasteiger partial charge is 0.490 e. The number of benzene rings is 2. The summed E-state index contributed by atoms with van der Waals surface area (Å²) in [6.45, 7) is 0. The SMILES string of the molecule is O=C(NC1CC(c2ccc(F)c(Cl)c2)C1)c1cccc(Nc2nn[nH]n2)c1.O=C(O)C(F)(F)F. The van der Waals surface area contributed by atoms with Crippen LogP contribution in [-0.4, -0.2) is 49.8 Å². The first-order chi connectivity index (χ1) is 16.0. The van der Waals surface area contributed by atoms with Gasteiger partial charge in [-0.3, -0.25) is 4.79 Å². The van der Waals surface area contributed by atoms with Crippen LogP contribution >= 0.6 is 11.6 Å². The number of aliphatic carboxylic acids is 1. The Hall–Kier alpha value is -3.74. The number of amides is 1. The molecule has 4 N–H and O–H groups in total. The van der Waals surface area contributed by atoms with Crippen LogP contribution < -0.4 is 10.6 Å². The summed E-state index contributed by atoms with van der Waals surface area (Å²) in [7, 11) is 0. The van der Waals surface area contributed by atoms with E-state index in [4.69, 9.17) is 21.5 Å². The van der Waals surface area contributed by atoms with Crippen molar-refractivity contribution in [1.29, 1.82) is 0 Å². The topological polar surface area (TPSA) is 133 Å². The molecule has 3 aromatic rings. The summed E-state index contributed by atoms with van der Waals surface area (Å²) in [5.41, 5.74) is 2.23. The van der Waals surface area contributed by atoms with Crippen LogP contribution in [0.25, 0.3) is 0 Å². The molecule has 0 radical (unpaired) electrons. The van der Waals surface area contributed by atoms with Gasteiger partial charge in [0.05, 0.1) is 5.02 Å². The van der Waals surface area contributed by atoms with Crippen LogP contribution in [0.15, 0.2) is 42.5 Å². The number of carbonyl (C=O) groups is 2. The van der Waals surface area contributed by atoms with Gasteiger partial charge in [0.2, 0.25) is 0 Å². The first-order valence-corrected chi connectivity index (χ1v) is 10.1. The number of hydrogen-bond donors (Lipinski definition) is 4. The summed E-state index contributed by atoms with van der Waals surface area (Å²) >= 11 is 5.84. The molecule has 1 amide bonds. The van der Waals surface area contributed by atoms with E-state index in [1.54, 1.807) is 30.3 Å². The van der Waals surface area contributed by atoms with Crippen molar-refractivity contribution in [2.75, 3.05) is 5.32 Å². The van der Waals surface area contributed by atoms with Crippen LogP contribution in [0.3, 0.4) is 0 Å². The minimum atomic E-state index is -5.08. The van der Waals surface area contributed by atoms with Crippen molar-refractivity contribution in [2.45, 2.75) is 31.0 Å². The molecule has 0 saturated heterocycles. The maximum atomic E-state index is 13.3. The van der Waals surface area contributed by atoms with Crippen LogP contribution in [0.2, 0.25) is 5.02 Å². The number of anilines is 2. The van der Waals surface area contributed by atoms with Crippen molar-refractivity contribution in [3.63, 3.8) is 0 Å². The van der Waals surface area contributed by atoms with E-state index in [2.05, 4.69) is 31.3 Å². The van der Waals surface area contributed by atoms with Crippen molar-refractivity contribution < 1.29 is 32.3 Å². The molecule has 0 aliphatic heterocycles. The Morgan fingerprint density at radius 3 is 2.44 bits per heavy atom. The van der Waals surface area contributed by atoms with E-state index in [0.29, 0.717) is 17.2 Å². The smallest absolute Gasteiger partial charge is 0.475 e. The summed E-state index contributed by atoms with van der Waals surface area (Å²) in [6.07, 6.45) is -3.48. The average Bonchev–Trinajstić information content (AvgIpc) is 3.25. The summed E-state index contributed by atoms with van der Waals surface area (Å²) in [6, 6.07) is 11.9. The van der Waals surface area contributed by atoms with Gasteiger partial charge >= 0.3 is 12.1 Å². The minimum Gasteiger partial charge on any atom is -0.475 e. The van der Waals surface area contributed by atoms with Crippen LogP contribution in [-0.2, 0) is 4.79 Å². The van der Waals surface area contributed by atoms with Gasteiger partial charge in [-0.2, -0.15) is 18.4 Å². The summed E-state index contributed by atoms with van der Waals surface area (Å²) < 4.78 is 45.0. The maximum Gasteiger partial charge on any atom is 0.490 e. The van der Waals surface area contributed by atoms with Crippen LogP contribution in [0.4, 0.5) is 29.2 Å². The first-order valence-electron chi connectivity index (χ1n) is 9.69. The molecule has 1 aromatic heterocycles. The number of H-pyrrole nitrogens is 1. The summed E-state index contributed by atoms with van der Waals surface area (Å²) in [4.78, 5) is 21.4. The molecule has 0 atom stereocenters. The average molecular weight is 501 g/mol. The number of alkyl halides is 3. The Labute approximate surface area is 194 Å². The molecule has 1 aliphatic rings. The molecule has 180 valence electrons. The van der Waals surface area contributed by atoms with Gasteiger partial charge in [-0.05, 0) is 59.9 Å². The van der Waals surface area contributed by atoms with Crippen LogP contribution in [0, 0.1) is 5.82 Å². The van der Waals surface area contributed by atoms with Crippen molar-refractivity contribution in [3.05, 3.63) is 64.4 Å². The molecule has 1 saturated carbocycles. The highest BCUT2D eigenvalue weighted by Crippen LogP contribution is 2.38. The molecule has 14 heteroatoms. The highest BCUT2D eigenvalue weighted by atomic mass is 35.5. The number of nitrogens with zero attached hydrogens (tertiary/aromatic N) is 3. The van der Waals surface area contributed by atoms with Gasteiger partial charge in [0.15, 0.2) is 0 Å². The van der Waals surface area contributed by atoms with Gasteiger partial charge in [-0.25, -0.2) is 9.18 Å². The predicted molar refractivity (Wildman–Crippen MR) is 112 cm³/mol. The number of carbonyl (C=O) groups excluding carboxylic acids is 1. The molecule has 9 nitrogen and oxygen atoms in total. The zero-order chi connectivity index (χ0) is 24.9. The second-order valence-corrected chi connectivity index (χ2v) is 7.66. The monoisotopic (exact) mass is 500 g/mol. The Morgan fingerprint density at radius 2 is 1.85 bits per heavy atom. The van der Waals surface area contributed by atoms with Gasteiger partial charge in [0.1, 0.15) is 5.82 Å². The van der Waals surface area contributed by atoms with E-state index in [9.17, 15) is 22.4 Å². The van der Waals surface area contributed by atoms with Gasteiger partial charge in [-0.1, -0.05) is 28.8 Å². The molecule has 1 heterocycles. The highest BCUT2D eigenvalue weighted by molar-refractivity contribution is 6.30. The minimum absolute atomic E-state index is 0.0835. The number of aromatic amines is 1. The highest BCUT2D eigenvalue weighted by Gasteiger charge is 2.38. The van der Waals surface area contributed by atoms with Crippen molar-refractivity contribution in [3.8, 4) is 0 Å². The quantitative estimate of drug-likeness (QED) is 0.388. The number of carboxylic acids is 1. The normalized spacial score (nSPS) is 17.1. The third-order valence-corrected chi connectivity index (χ3v) is 5.15. The van der Waals surface area contributed by atoms with E-state index in [1.807, 2.05) is 6.07 Å². The van der Waals surface area contributed by atoms with Gasteiger partial charge in [0.25, 0.3) is 11.9 Å². The molecular weight excluding hydrogens is 484 g/mol. The fourth-order valence-corrected chi connectivity index (χ4v) is 3.31. The summed E-state index contributed by atoms with van der Waals surface area (Å²) in [5, 5.41) is 26.7. The second kappa shape index (κ2) is 10.5. The van der Waals surface area contributed by atoms with Crippen molar-refractivity contribution in [1.82, 2.24) is 25.9 Å². The fourth-order valence-electron chi connectivity index (χ4n) is 3.12. The number of nitrogens with one attached hydrogen (secondary N) is 3. The third kappa shape index (κ3) is 6.63. The number of aromatic nitrogens is 4. The van der Waals surface area contributed by atoms with E-state index in [0.717, 1.165) is 18.4 Å². The number of hydrogen-bond acceptors (Lipinski definition) is 6. The van der Waals surface area contributed by atoms with Gasteiger partial charge < -0.3 is 15.7 Å². The third-order valence-electron chi connectivity index (χ3n) is 4.86. The van der Waals surface area contributed by atoms with Crippen LogP contribution in [0.1, 0.15) is 34.7 Å². The lowest BCUT2D eigenvalue weighted by Crippen LogP contribution is -2.43. The molecule has 34 heavy (non-hydrogen) atoms. The molecule has 0 bridgehead atoms. The van der Waals surface area contributed by atoms with Crippen molar-refractivity contribution >= 4 is 35.1 Å². The van der Waals surface area contributed by atoms with E-state index >= 15 is 0 Å². The molecule has 1 fully saturated rings. The lowest BCUT2D eigenvalue weighted by atomic mass is 9.76. The lowest BCUT2D eigenvalue weighted by molar-refractivity contribution is -0.192. The molecule has 4 rings (SSSR count). The molecular formula is C20H17ClF4N6O3. The molecule has 0 spiro atoms. The number of halogens is 5. The predicted octanol–water partition coefficient (Wildman–Crippen LogP) is 4.05. The maximum absolute atomic E-state index is 13.3. The zero-order valence-corrected chi connectivity index (χ0v) is 17.9. The van der Waals surface area contributed by atoms with Gasteiger partial charge in [0, 0.05) is 17.3 Å². The van der Waals surface area contributed by atoms with Gasteiger partial charge in [-0.15, -0.1) is 5.10 Å². The first kappa shape index (κ1) is 24.9. The Morgan fingerprint density at radius 1 is 1.15 bits per heavy atom. The molecule has 0 unspecified atom stereocenters. The fraction of sp³-hybridized carbons (Fsp3) is 0.250. The Balaban J connectivity index is 0.000000406. The molecule has 2 aromatic carbocycles. The van der Waals surface area contributed by atoms with Crippen LogP contribution in [0.5, 0.6) is 0 Å². The Bertz CT molecular complexity index is 1150. The zero-order valence-electron chi connectivity index (χ0n) is 17.1. The Kier molecular flexibility index (Phi) is 7.66. The summed E-state index contributed by atoms with van der Waals surface area (Å²) in [5.74, 6) is -2.72. The van der Waals surface area contributed by atoms with E-state index in [1.165, 1.54) is 6.07 Å². The van der Waals surface area contributed by atoms with E-state index in [-0.39, 0.29) is 22.9 Å². The second-order valence-electron chi connectivity index (χ2n) is 7.26. The lowest BCUT2D eigenvalue weighted by Gasteiger charge is -2.36. The molecule has 1 aliphatic carbocycles. The number of carboxylic acid groups (broad SMARTS) is 1. The number of tetrazole rings is 1. The standard InChI is InChI=1S/C18H16ClFN6O.C2HF3O2/c19-15-9-10(4-5-16(15)20)12-7-14(8-12)21-17(27)11-2-1-3-13(6-11)22-18-23-25-26-24-18;3-2(4,5)1(6)7/h1-6,9,12,14H,7-8H2,(H,21,27)(H2,22,23,24,25,26);(H,6,7). The van der Waals surface area contributed by atoms with Crippen molar-refractivity contribution in [2.24, 2.45) is 0 Å². The van der Waals surface area contributed by atoms with E-state index < -0.39 is 18.0 Å².